The summed E-state index contributed by atoms with van der Waals surface area (Å²) in [6, 6.07) is 13.0. The number of hydrogen-bond acceptors (Lipinski definition) is 4. The Hall–Kier alpha value is -2.47. The lowest BCUT2D eigenvalue weighted by Crippen LogP contribution is -2.45. The van der Waals surface area contributed by atoms with Crippen LogP contribution in [0.2, 0.25) is 0 Å². The van der Waals surface area contributed by atoms with Crippen LogP contribution < -0.4 is 5.32 Å². The van der Waals surface area contributed by atoms with E-state index in [1.54, 1.807) is 50.2 Å². The van der Waals surface area contributed by atoms with E-state index in [1.165, 1.54) is 0 Å². The van der Waals surface area contributed by atoms with Crippen molar-refractivity contribution in [3.63, 3.8) is 0 Å². The highest BCUT2D eigenvalue weighted by atomic mass is 79.9. The number of aryl methyl sites for hydroxylation is 1. The zero-order valence-corrected chi connectivity index (χ0v) is 17.1. The topological polar surface area (TPSA) is 72.5 Å². The van der Waals surface area contributed by atoms with Gasteiger partial charge in [-0.25, -0.2) is 4.79 Å². The normalized spacial score (nSPS) is 11.7. The van der Waals surface area contributed by atoms with Crippen LogP contribution in [-0.4, -0.2) is 30.3 Å². The standard InChI is InChI=1S/C21H22BrNO4/c1-13(2)19(23-20(25)16-8-10-17(22)11-9-16)21(26)27-12-18(24)15-6-4-14(3)5-7-15/h4-11,13,19H,12H2,1-3H3,(H,23,25). The van der Waals surface area contributed by atoms with Gasteiger partial charge in [0.25, 0.3) is 5.91 Å². The summed E-state index contributed by atoms with van der Waals surface area (Å²) in [6.45, 7) is 5.17. The van der Waals surface area contributed by atoms with Gasteiger partial charge in [0.1, 0.15) is 6.04 Å². The smallest absolute Gasteiger partial charge is 0.329 e. The Bertz CT molecular complexity index is 813. The zero-order chi connectivity index (χ0) is 20.0. The van der Waals surface area contributed by atoms with Crippen molar-refractivity contribution in [2.45, 2.75) is 26.8 Å². The first-order chi connectivity index (χ1) is 12.8. The first-order valence-electron chi connectivity index (χ1n) is 8.61. The summed E-state index contributed by atoms with van der Waals surface area (Å²) >= 11 is 3.31. The van der Waals surface area contributed by atoms with Gasteiger partial charge in [0.2, 0.25) is 0 Å². The molecular formula is C21H22BrNO4. The van der Waals surface area contributed by atoms with Crippen LogP contribution in [0.1, 0.15) is 40.1 Å². The van der Waals surface area contributed by atoms with E-state index in [4.69, 9.17) is 4.74 Å². The fourth-order valence-electron chi connectivity index (χ4n) is 2.37. The molecule has 1 unspecified atom stereocenters. The van der Waals surface area contributed by atoms with Gasteiger partial charge in [-0.15, -0.1) is 0 Å². The number of halogens is 1. The van der Waals surface area contributed by atoms with E-state index < -0.39 is 12.0 Å². The number of hydrogen-bond donors (Lipinski definition) is 1. The number of ether oxygens (including phenoxy) is 1. The molecule has 0 aliphatic carbocycles. The molecule has 0 aromatic heterocycles. The van der Waals surface area contributed by atoms with Gasteiger partial charge in [0.15, 0.2) is 12.4 Å². The molecule has 0 saturated carbocycles. The largest absolute Gasteiger partial charge is 0.456 e. The van der Waals surface area contributed by atoms with E-state index in [9.17, 15) is 14.4 Å². The van der Waals surface area contributed by atoms with Gasteiger partial charge in [-0.05, 0) is 37.1 Å². The third-order valence-electron chi connectivity index (χ3n) is 4.03. The number of carbonyl (C=O) groups is 3. The number of carbonyl (C=O) groups excluding carboxylic acids is 3. The number of ketones is 1. The number of esters is 1. The summed E-state index contributed by atoms with van der Waals surface area (Å²) < 4.78 is 6.01. The second kappa shape index (κ2) is 9.46. The molecule has 1 amide bonds. The second-order valence-corrected chi connectivity index (χ2v) is 7.51. The summed E-state index contributed by atoms with van der Waals surface area (Å²) in [5, 5.41) is 2.68. The minimum absolute atomic E-state index is 0.189. The van der Waals surface area contributed by atoms with Gasteiger partial charge >= 0.3 is 5.97 Å². The third kappa shape index (κ3) is 6.03. The number of amides is 1. The average Bonchev–Trinajstić information content (AvgIpc) is 2.64. The van der Waals surface area contributed by atoms with Crippen LogP contribution in [0, 0.1) is 12.8 Å². The molecule has 0 heterocycles. The van der Waals surface area contributed by atoms with Crippen LogP contribution in [0.3, 0.4) is 0 Å². The first kappa shape index (κ1) is 20.8. The van der Waals surface area contributed by atoms with Crippen LogP contribution in [0.5, 0.6) is 0 Å². The summed E-state index contributed by atoms with van der Waals surface area (Å²) in [5.41, 5.74) is 1.96. The van der Waals surface area contributed by atoms with Gasteiger partial charge < -0.3 is 10.1 Å². The van der Waals surface area contributed by atoms with Crippen molar-refractivity contribution in [2.24, 2.45) is 5.92 Å². The molecule has 0 spiro atoms. The molecule has 1 atom stereocenters. The lowest BCUT2D eigenvalue weighted by Gasteiger charge is -2.20. The summed E-state index contributed by atoms with van der Waals surface area (Å²) in [7, 11) is 0. The van der Waals surface area contributed by atoms with Crippen molar-refractivity contribution in [1.29, 1.82) is 0 Å². The maximum absolute atomic E-state index is 12.4. The molecule has 0 fully saturated rings. The zero-order valence-electron chi connectivity index (χ0n) is 15.5. The number of benzene rings is 2. The predicted octanol–water partition coefficient (Wildman–Crippen LogP) is 3.94. The average molecular weight is 432 g/mol. The molecular weight excluding hydrogens is 410 g/mol. The van der Waals surface area contributed by atoms with Gasteiger partial charge in [-0.1, -0.05) is 59.6 Å². The number of rotatable bonds is 7. The molecule has 2 aromatic carbocycles. The summed E-state index contributed by atoms with van der Waals surface area (Å²) in [5.74, 6) is -1.48. The minimum atomic E-state index is -0.841. The molecule has 0 saturated heterocycles. The second-order valence-electron chi connectivity index (χ2n) is 6.60. The van der Waals surface area contributed by atoms with E-state index in [0.717, 1.165) is 10.0 Å². The molecule has 0 aliphatic heterocycles. The Morgan fingerprint density at radius 3 is 2.07 bits per heavy atom. The Balaban J connectivity index is 1.97. The highest BCUT2D eigenvalue weighted by Gasteiger charge is 2.26. The fourth-order valence-corrected chi connectivity index (χ4v) is 2.64. The molecule has 2 rings (SSSR count). The van der Waals surface area contributed by atoms with E-state index in [0.29, 0.717) is 11.1 Å². The van der Waals surface area contributed by atoms with Crippen molar-refractivity contribution >= 4 is 33.6 Å². The molecule has 1 N–H and O–H groups in total. The Kier molecular flexibility index (Phi) is 7.30. The number of nitrogens with one attached hydrogen (secondary N) is 1. The van der Waals surface area contributed by atoms with Crippen molar-refractivity contribution in [1.82, 2.24) is 5.32 Å². The van der Waals surface area contributed by atoms with Gasteiger partial charge in [-0.2, -0.15) is 0 Å². The van der Waals surface area contributed by atoms with Crippen LogP contribution in [0.25, 0.3) is 0 Å². The molecule has 2 aromatic rings. The Labute approximate surface area is 167 Å². The van der Waals surface area contributed by atoms with Crippen LogP contribution in [-0.2, 0) is 9.53 Å². The van der Waals surface area contributed by atoms with Gasteiger partial charge in [0, 0.05) is 15.6 Å². The molecule has 0 radical (unpaired) electrons. The molecule has 5 nitrogen and oxygen atoms in total. The van der Waals surface area contributed by atoms with Crippen LogP contribution >= 0.6 is 15.9 Å². The summed E-state index contributed by atoms with van der Waals surface area (Å²) in [4.78, 5) is 36.9. The molecule has 6 heteroatoms. The van der Waals surface area contributed by atoms with Gasteiger partial charge in [0.05, 0.1) is 0 Å². The van der Waals surface area contributed by atoms with Gasteiger partial charge in [-0.3, -0.25) is 9.59 Å². The van der Waals surface area contributed by atoms with E-state index in [1.807, 2.05) is 19.1 Å². The third-order valence-corrected chi connectivity index (χ3v) is 4.56. The molecule has 0 aliphatic rings. The van der Waals surface area contributed by atoms with Crippen LogP contribution in [0.4, 0.5) is 0 Å². The van der Waals surface area contributed by atoms with Crippen LogP contribution in [0.15, 0.2) is 53.0 Å². The fraction of sp³-hybridized carbons (Fsp3) is 0.286. The number of Topliss-reactive ketones (excluding diaryl/α,β-unsaturated/α-hetero) is 1. The Morgan fingerprint density at radius 2 is 1.52 bits per heavy atom. The van der Waals surface area contributed by atoms with E-state index >= 15 is 0 Å². The quantitative estimate of drug-likeness (QED) is 0.532. The van der Waals surface area contributed by atoms with E-state index in [2.05, 4.69) is 21.2 Å². The lowest BCUT2D eigenvalue weighted by atomic mass is 10.0. The molecule has 142 valence electrons. The van der Waals surface area contributed by atoms with Crippen molar-refractivity contribution in [3.8, 4) is 0 Å². The van der Waals surface area contributed by atoms with Crippen molar-refractivity contribution in [3.05, 3.63) is 69.7 Å². The van der Waals surface area contributed by atoms with Crippen molar-refractivity contribution < 1.29 is 19.1 Å². The highest BCUT2D eigenvalue weighted by Crippen LogP contribution is 2.12. The maximum Gasteiger partial charge on any atom is 0.329 e. The minimum Gasteiger partial charge on any atom is -0.456 e. The highest BCUT2D eigenvalue weighted by molar-refractivity contribution is 9.10. The molecule has 0 bridgehead atoms. The SMILES string of the molecule is Cc1ccc(C(=O)COC(=O)C(NC(=O)c2ccc(Br)cc2)C(C)C)cc1. The monoisotopic (exact) mass is 431 g/mol. The summed E-state index contributed by atoms with van der Waals surface area (Å²) in [6.07, 6.45) is 0. The first-order valence-corrected chi connectivity index (χ1v) is 9.40. The lowest BCUT2D eigenvalue weighted by molar-refractivity contribution is -0.145. The maximum atomic E-state index is 12.4. The Morgan fingerprint density at radius 1 is 0.963 bits per heavy atom. The molecule has 27 heavy (non-hydrogen) atoms. The van der Waals surface area contributed by atoms with E-state index in [-0.39, 0.29) is 24.2 Å². The van der Waals surface area contributed by atoms with Crippen molar-refractivity contribution in [2.75, 3.05) is 6.61 Å². The predicted molar refractivity (Wildman–Crippen MR) is 107 cm³/mol.